The van der Waals surface area contributed by atoms with Gasteiger partial charge in [-0.05, 0) is 19.1 Å². The predicted octanol–water partition coefficient (Wildman–Crippen LogP) is 2.11. The molecule has 0 radical (unpaired) electrons. The van der Waals surface area contributed by atoms with E-state index >= 15 is 0 Å². The maximum atomic E-state index is 11.7. The van der Waals surface area contributed by atoms with Crippen LogP contribution in [0, 0.1) is 0 Å². The van der Waals surface area contributed by atoms with Crippen molar-refractivity contribution in [1.82, 2.24) is 5.32 Å². The molecule has 1 amide bonds. The molecule has 0 heterocycles. The van der Waals surface area contributed by atoms with E-state index in [2.05, 4.69) is 5.32 Å². The molecule has 2 N–H and O–H groups in total. The molecule has 0 unspecified atom stereocenters. The Balaban J connectivity index is 2.96. The molecule has 0 aliphatic heterocycles. The first-order chi connectivity index (χ1) is 7.99. The third kappa shape index (κ3) is 3.49. The summed E-state index contributed by atoms with van der Waals surface area (Å²) in [5.41, 5.74) is 0.320. The first-order valence-electron chi connectivity index (χ1n) is 4.94. The minimum Gasteiger partial charge on any atom is -0.494 e. The highest BCUT2D eigenvalue weighted by Crippen LogP contribution is 2.33. The van der Waals surface area contributed by atoms with Gasteiger partial charge in [0, 0.05) is 11.6 Å². The van der Waals surface area contributed by atoms with Gasteiger partial charge in [-0.3, -0.25) is 4.79 Å². The fourth-order valence-electron chi connectivity index (χ4n) is 1.24. The number of hydrogen-bond acceptors (Lipinski definition) is 3. The van der Waals surface area contributed by atoms with Crippen molar-refractivity contribution in [2.45, 2.75) is 13.0 Å². The van der Waals surface area contributed by atoms with Crippen molar-refractivity contribution >= 4 is 29.1 Å². The quantitative estimate of drug-likeness (QED) is 0.886. The fraction of sp³-hybridized carbons (Fsp3) is 0.364. The summed E-state index contributed by atoms with van der Waals surface area (Å²) in [5.74, 6) is -0.0157. The summed E-state index contributed by atoms with van der Waals surface area (Å²) in [6, 6.07) is 2.60. The molecule has 1 atom stereocenters. The average Bonchev–Trinajstić information content (AvgIpc) is 2.28. The Morgan fingerprint density at radius 3 is 2.41 bits per heavy atom. The van der Waals surface area contributed by atoms with Crippen LogP contribution in [0.5, 0.6) is 5.75 Å². The van der Waals surface area contributed by atoms with E-state index < -0.39 is 0 Å². The number of rotatable bonds is 4. The van der Waals surface area contributed by atoms with Crippen LogP contribution in [0.2, 0.25) is 10.0 Å². The number of amides is 1. The predicted molar refractivity (Wildman–Crippen MR) is 67.0 cm³/mol. The molecule has 94 valence electrons. The second-order valence-electron chi connectivity index (χ2n) is 3.53. The van der Waals surface area contributed by atoms with Crippen LogP contribution in [0.15, 0.2) is 12.1 Å². The molecule has 1 aromatic carbocycles. The van der Waals surface area contributed by atoms with Gasteiger partial charge in [-0.15, -0.1) is 0 Å². The van der Waals surface area contributed by atoms with Crippen molar-refractivity contribution < 1.29 is 14.6 Å². The molecule has 0 spiro atoms. The van der Waals surface area contributed by atoms with Gasteiger partial charge in [0.15, 0.2) is 5.75 Å². The van der Waals surface area contributed by atoms with Crippen molar-refractivity contribution in [2.24, 2.45) is 0 Å². The number of halogens is 2. The molecule has 6 heteroatoms. The maximum Gasteiger partial charge on any atom is 0.251 e. The number of aliphatic hydroxyl groups excluding tert-OH is 1. The van der Waals surface area contributed by atoms with E-state index in [0.717, 1.165) is 0 Å². The van der Waals surface area contributed by atoms with Gasteiger partial charge in [-0.25, -0.2) is 0 Å². The first kappa shape index (κ1) is 14.1. The summed E-state index contributed by atoms with van der Waals surface area (Å²) in [5, 5.41) is 12.0. The zero-order chi connectivity index (χ0) is 13.0. The molecule has 0 aromatic heterocycles. The summed E-state index contributed by atoms with van der Waals surface area (Å²) >= 11 is 11.8. The summed E-state index contributed by atoms with van der Waals surface area (Å²) in [4.78, 5) is 11.7. The Labute approximate surface area is 109 Å². The Hall–Kier alpha value is -0.970. The number of carbonyl (C=O) groups excluding carboxylic acids is 1. The Bertz CT molecular complexity index is 400. The van der Waals surface area contributed by atoms with Gasteiger partial charge >= 0.3 is 0 Å². The van der Waals surface area contributed by atoms with Crippen LogP contribution in [-0.2, 0) is 0 Å². The lowest BCUT2D eigenvalue weighted by molar-refractivity contribution is 0.0922. The van der Waals surface area contributed by atoms with Gasteiger partial charge in [0.2, 0.25) is 0 Å². The number of nitrogens with one attached hydrogen (secondary N) is 1. The zero-order valence-corrected chi connectivity index (χ0v) is 11.0. The van der Waals surface area contributed by atoms with E-state index in [9.17, 15) is 4.79 Å². The Morgan fingerprint density at radius 2 is 2.00 bits per heavy atom. The molecule has 0 fully saturated rings. The van der Waals surface area contributed by atoms with E-state index in [0.29, 0.717) is 11.3 Å². The van der Waals surface area contributed by atoms with Gasteiger partial charge in [0.1, 0.15) is 0 Å². The van der Waals surface area contributed by atoms with Gasteiger partial charge < -0.3 is 15.2 Å². The third-order valence-corrected chi connectivity index (χ3v) is 2.68. The average molecular weight is 278 g/mol. The van der Waals surface area contributed by atoms with Crippen LogP contribution in [0.1, 0.15) is 17.3 Å². The highest BCUT2D eigenvalue weighted by molar-refractivity contribution is 6.37. The van der Waals surface area contributed by atoms with Crippen molar-refractivity contribution in [3.63, 3.8) is 0 Å². The number of hydrogen-bond donors (Lipinski definition) is 2. The van der Waals surface area contributed by atoms with Crippen LogP contribution >= 0.6 is 23.2 Å². The Kier molecular flexibility index (Phi) is 5.05. The van der Waals surface area contributed by atoms with Gasteiger partial charge in [0.05, 0.1) is 23.8 Å². The SMILES string of the molecule is COc1c(Cl)cc(C(=O)N[C@@H](C)CO)cc1Cl. The lowest BCUT2D eigenvalue weighted by atomic mass is 10.2. The number of aliphatic hydroxyl groups is 1. The zero-order valence-electron chi connectivity index (χ0n) is 9.46. The number of methoxy groups -OCH3 is 1. The van der Waals surface area contributed by atoms with Gasteiger partial charge in [-0.1, -0.05) is 23.2 Å². The largest absolute Gasteiger partial charge is 0.494 e. The number of ether oxygens (including phenoxy) is 1. The van der Waals surface area contributed by atoms with Crippen molar-refractivity contribution in [3.8, 4) is 5.75 Å². The van der Waals surface area contributed by atoms with Crippen LogP contribution in [0.3, 0.4) is 0 Å². The normalized spacial score (nSPS) is 12.1. The van der Waals surface area contributed by atoms with E-state index in [1.807, 2.05) is 0 Å². The van der Waals surface area contributed by atoms with Crippen LogP contribution in [0.4, 0.5) is 0 Å². The highest BCUT2D eigenvalue weighted by Gasteiger charge is 2.14. The minimum absolute atomic E-state index is 0.136. The number of carbonyl (C=O) groups is 1. The molecule has 4 nitrogen and oxygen atoms in total. The lowest BCUT2D eigenvalue weighted by Crippen LogP contribution is -2.34. The Morgan fingerprint density at radius 1 is 1.47 bits per heavy atom. The standard InChI is InChI=1S/C11H13Cl2NO3/c1-6(5-15)14-11(16)7-3-8(12)10(17-2)9(13)4-7/h3-4,6,15H,5H2,1-2H3,(H,14,16)/t6-/m0/s1. The smallest absolute Gasteiger partial charge is 0.251 e. The molecule has 17 heavy (non-hydrogen) atoms. The molecule has 1 rings (SSSR count). The second-order valence-corrected chi connectivity index (χ2v) is 4.34. The first-order valence-corrected chi connectivity index (χ1v) is 5.70. The van der Waals surface area contributed by atoms with Crippen LogP contribution in [-0.4, -0.2) is 30.8 Å². The number of benzene rings is 1. The van der Waals surface area contributed by atoms with E-state index in [1.54, 1.807) is 6.92 Å². The fourth-order valence-corrected chi connectivity index (χ4v) is 1.88. The van der Waals surface area contributed by atoms with Crippen LogP contribution in [0.25, 0.3) is 0 Å². The molecule has 0 aliphatic carbocycles. The van der Waals surface area contributed by atoms with Crippen LogP contribution < -0.4 is 10.1 Å². The highest BCUT2D eigenvalue weighted by atomic mass is 35.5. The molecule has 0 aliphatic rings. The molecular weight excluding hydrogens is 265 g/mol. The molecule has 1 aromatic rings. The summed E-state index contributed by atoms with van der Waals surface area (Å²) in [6.45, 7) is 1.55. The minimum atomic E-state index is -0.349. The van der Waals surface area contributed by atoms with E-state index in [1.165, 1.54) is 19.2 Å². The summed E-state index contributed by atoms with van der Waals surface area (Å²) in [7, 11) is 1.45. The van der Waals surface area contributed by atoms with Crippen molar-refractivity contribution in [1.29, 1.82) is 0 Å². The van der Waals surface area contributed by atoms with E-state index in [4.69, 9.17) is 33.0 Å². The van der Waals surface area contributed by atoms with Gasteiger partial charge in [0.25, 0.3) is 5.91 Å². The summed E-state index contributed by atoms with van der Waals surface area (Å²) in [6.07, 6.45) is 0. The monoisotopic (exact) mass is 277 g/mol. The van der Waals surface area contributed by atoms with Crippen molar-refractivity contribution in [2.75, 3.05) is 13.7 Å². The van der Waals surface area contributed by atoms with E-state index in [-0.39, 0.29) is 28.6 Å². The topological polar surface area (TPSA) is 58.6 Å². The molecule has 0 bridgehead atoms. The maximum absolute atomic E-state index is 11.7. The summed E-state index contributed by atoms with van der Waals surface area (Å²) < 4.78 is 4.98. The third-order valence-electron chi connectivity index (χ3n) is 2.12. The lowest BCUT2D eigenvalue weighted by Gasteiger charge is -2.12. The molecular formula is C11H13Cl2NO3. The van der Waals surface area contributed by atoms with Crippen molar-refractivity contribution in [3.05, 3.63) is 27.7 Å². The van der Waals surface area contributed by atoms with Gasteiger partial charge in [-0.2, -0.15) is 0 Å². The second kappa shape index (κ2) is 6.10. The molecule has 0 saturated heterocycles. The molecule has 0 saturated carbocycles.